The van der Waals surface area contributed by atoms with Gasteiger partial charge in [-0.15, -0.1) is 11.3 Å². The third-order valence-corrected chi connectivity index (χ3v) is 6.85. The fraction of sp³-hybridized carbons (Fsp3) is 0.440. The summed E-state index contributed by atoms with van der Waals surface area (Å²) < 4.78 is 6.68. The highest BCUT2D eigenvalue weighted by atomic mass is 32.1. The van der Waals surface area contributed by atoms with Crippen molar-refractivity contribution in [2.75, 3.05) is 19.4 Å². The zero-order valence-electron chi connectivity index (χ0n) is 20.0. The molecule has 0 fully saturated rings. The predicted octanol–water partition coefficient (Wildman–Crippen LogP) is 3.60. The summed E-state index contributed by atoms with van der Waals surface area (Å²) in [6.45, 7) is 3.90. The Bertz CT molecular complexity index is 1270. The second kappa shape index (κ2) is 10.1. The summed E-state index contributed by atoms with van der Waals surface area (Å²) >= 11 is 1.61. The molecule has 180 valence electrons. The lowest BCUT2D eigenvalue weighted by Gasteiger charge is -2.16. The van der Waals surface area contributed by atoms with E-state index in [1.54, 1.807) is 49.4 Å². The maximum Gasteiger partial charge on any atom is 0.338 e. The van der Waals surface area contributed by atoms with E-state index in [0.717, 1.165) is 36.1 Å². The van der Waals surface area contributed by atoms with Crippen molar-refractivity contribution in [3.05, 3.63) is 56.4 Å². The Morgan fingerprint density at radius 2 is 1.88 bits per heavy atom. The fourth-order valence-electron chi connectivity index (χ4n) is 4.16. The highest BCUT2D eigenvalue weighted by Gasteiger charge is 2.23. The maximum atomic E-state index is 13.5. The van der Waals surface area contributed by atoms with Gasteiger partial charge in [0.2, 0.25) is 5.91 Å². The lowest BCUT2D eigenvalue weighted by molar-refractivity contribution is -0.116. The van der Waals surface area contributed by atoms with Gasteiger partial charge >= 0.3 is 5.97 Å². The van der Waals surface area contributed by atoms with Crippen LogP contribution in [0.5, 0.6) is 0 Å². The lowest BCUT2D eigenvalue weighted by atomic mass is 9.97. The van der Waals surface area contributed by atoms with Gasteiger partial charge in [-0.2, -0.15) is 0 Å². The number of thiophene rings is 1. The van der Waals surface area contributed by atoms with Crippen LogP contribution in [0.15, 0.2) is 29.1 Å². The number of hydrogen-bond acceptors (Lipinski definition) is 7. The number of aryl methyl sites for hydroxylation is 2. The van der Waals surface area contributed by atoms with E-state index in [1.807, 2.05) is 19.0 Å². The van der Waals surface area contributed by atoms with E-state index in [9.17, 15) is 14.4 Å². The van der Waals surface area contributed by atoms with Crippen molar-refractivity contribution in [2.45, 2.75) is 58.7 Å². The summed E-state index contributed by atoms with van der Waals surface area (Å²) in [6, 6.07) is 6.51. The number of nitrogens with one attached hydrogen (secondary N) is 1. The van der Waals surface area contributed by atoms with Crippen LogP contribution < -0.4 is 10.9 Å². The molecule has 1 aliphatic rings. The number of anilines is 1. The van der Waals surface area contributed by atoms with Crippen LogP contribution in [0.1, 0.15) is 53.3 Å². The zero-order valence-corrected chi connectivity index (χ0v) is 20.8. The standard InChI is InChI=1S/C25H30N4O4S/c1-15(2)33-25(32)16-9-11-17(12-10-16)26-21(30)14-29-20(13-28(3)4)27-23-22(24(29)31)18-7-5-6-8-19(18)34-23/h9-12,15H,5-8,13-14H2,1-4H3,(H,26,30). The minimum absolute atomic E-state index is 0.132. The summed E-state index contributed by atoms with van der Waals surface area (Å²) in [7, 11) is 3.82. The highest BCUT2D eigenvalue weighted by molar-refractivity contribution is 7.18. The molecule has 1 amide bonds. The Morgan fingerprint density at radius 3 is 2.56 bits per heavy atom. The average molecular weight is 483 g/mol. The van der Waals surface area contributed by atoms with Crippen LogP contribution in [-0.4, -0.2) is 46.5 Å². The highest BCUT2D eigenvalue weighted by Crippen LogP contribution is 2.33. The Kier molecular flexibility index (Phi) is 7.13. The number of esters is 1. The number of benzene rings is 1. The van der Waals surface area contributed by atoms with Crippen LogP contribution in [-0.2, 0) is 35.5 Å². The first kappa shape index (κ1) is 24.1. The largest absolute Gasteiger partial charge is 0.459 e. The van der Waals surface area contributed by atoms with Gasteiger partial charge in [0, 0.05) is 10.6 Å². The molecule has 0 aliphatic heterocycles. The summed E-state index contributed by atoms with van der Waals surface area (Å²) in [5.41, 5.74) is 1.91. The lowest BCUT2D eigenvalue weighted by Crippen LogP contribution is -2.33. The van der Waals surface area contributed by atoms with Gasteiger partial charge in [0.1, 0.15) is 17.2 Å². The van der Waals surface area contributed by atoms with E-state index in [2.05, 4.69) is 5.32 Å². The molecule has 0 unspecified atom stereocenters. The average Bonchev–Trinajstić information content (AvgIpc) is 3.14. The molecule has 0 radical (unpaired) electrons. The normalized spacial score (nSPS) is 13.4. The SMILES string of the molecule is CC(C)OC(=O)c1ccc(NC(=O)Cn2c(CN(C)C)nc3sc4c(c3c2=O)CCCC4)cc1. The van der Waals surface area contributed by atoms with Crippen molar-refractivity contribution in [3.63, 3.8) is 0 Å². The van der Waals surface area contributed by atoms with Gasteiger partial charge < -0.3 is 15.0 Å². The molecule has 0 spiro atoms. The topological polar surface area (TPSA) is 93.5 Å². The quantitative estimate of drug-likeness (QED) is 0.517. The Hall–Kier alpha value is -3.04. The number of hydrogen-bond donors (Lipinski definition) is 1. The Balaban J connectivity index is 1.59. The number of nitrogens with zero attached hydrogens (tertiary/aromatic N) is 3. The molecule has 0 bridgehead atoms. The number of carbonyl (C=O) groups excluding carboxylic acids is 2. The van der Waals surface area contributed by atoms with E-state index >= 15 is 0 Å². The Morgan fingerprint density at radius 1 is 1.18 bits per heavy atom. The van der Waals surface area contributed by atoms with Gasteiger partial charge in [-0.05, 0) is 83.5 Å². The minimum Gasteiger partial charge on any atom is -0.459 e. The van der Waals surface area contributed by atoms with Gasteiger partial charge in [-0.25, -0.2) is 9.78 Å². The van der Waals surface area contributed by atoms with Crippen molar-refractivity contribution in [3.8, 4) is 0 Å². The van der Waals surface area contributed by atoms with Crippen molar-refractivity contribution < 1.29 is 14.3 Å². The van der Waals surface area contributed by atoms with E-state index in [-0.39, 0.29) is 24.1 Å². The van der Waals surface area contributed by atoms with Crippen LogP contribution in [0.25, 0.3) is 10.2 Å². The predicted molar refractivity (Wildman–Crippen MR) is 134 cm³/mol. The smallest absolute Gasteiger partial charge is 0.338 e. The van der Waals surface area contributed by atoms with Gasteiger partial charge in [-0.3, -0.25) is 14.2 Å². The molecule has 34 heavy (non-hydrogen) atoms. The van der Waals surface area contributed by atoms with Crippen molar-refractivity contribution in [2.24, 2.45) is 0 Å². The van der Waals surface area contributed by atoms with E-state index < -0.39 is 5.97 Å². The van der Waals surface area contributed by atoms with Crippen LogP contribution in [0, 0.1) is 0 Å². The number of aromatic nitrogens is 2. The molecule has 2 heterocycles. The van der Waals surface area contributed by atoms with Crippen LogP contribution in [0.4, 0.5) is 5.69 Å². The van der Waals surface area contributed by atoms with Crippen LogP contribution in [0.2, 0.25) is 0 Å². The molecule has 1 N–H and O–H groups in total. The molecule has 0 atom stereocenters. The first-order valence-electron chi connectivity index (χ1n) is 11.5. The molecule has 2 aromatic heterocycles. The van der Waals surface area contributed by atoms with Crippen molar-refractivity contribution in [1.82, 2.24) is 14.5 Å². The van der Waals surface area contributed by atoms with E-state index in [0.29, 0.717) is 29.0 Å². The van der Waals surface area contributed by atoms with E-state index in [1.165, 1.54) is 9.44 Å². The first-order valence-corrected chi connectivity index (χ1v) is 12.3. The molecule has 0 saturated carbocycles. The van der Waals surface area contributed by atoms with Gasteiger partial charge in [0.25, 0.3) is 5.56 Å². The molecule has 3 aromatic rings. The molecule has 0 saturated heterocycles. The minimum atomic E-state index is -0.411. The molecular weight excluding hydrogens is 452 g/mol. The number of fused-ring (bicyclic) bond motifs is 3. The fourth-order valence-corrected chi connectivity index (χ4v) is 5.43. The zero-order chi connectivity index (χ0) is 24.4. The number of carbonyl (C=O) groups is 2. The maximum absolute atomic E-state index is 13.5. The van der Waals surface area contributed by atoms with Crippen molar-refractivity contribution >= 4 is 39.1 Å². The second-order valence-electron chi connectivity index (χ2n) is 9.13. The summed E-state index contributed by atoms with van der Waals surface area (Å²) in [4.78, 5) is 47.2. The number of ether oxygens (including phenoxy) is 1. The monoisotopic (exact) mass is 482 g/mol. The Labute approximate surface area is 202 Å². The molecule has 8 nitrogen and oxygen atoms in total. The molecule has 1 aromatic carbocycles. The molecule has 4 rings (SSSR count). The van der Waals surface area contributed by atoms with Crippen LogP contribution in [0.3, 0.4) is 0 Å². The molecular formula is C25H30N4O4S. The third kappa shape index (κ3) is 5.20. The summed E-state index contributed by atoms with van der Waals surface area (Å²) in [5, 5.41) is 3.49. The first-order chi connectivity index (χ1) is 16.2. The second-order valence-corrected chi connectivity index (χ2v) is 10.2. The third-order valence-electron chi connectivity index (χ3n) is 5.66. The van der Waals surface area contributed by atoms with E-state index in [4.69, 9.17) is 9.72 Å². The van der Waals surface area contributed by atoms with Gasteiger partial charge in [0.15, 0.2) is 0 Å². The number of amides is 1. The molecule has 1 aliphatic carbocycles. The summed E-state index contributed by atoms with van der Waals surface area (Å²) in [6.07, 6.45) is 3.87. The van der Waals surface area contributed by atoms with Crippen LogP contribution >= 0.6 is 11.3 Å². The summed E-state index contributed by atoms with van der Waals surface area (Å²) in [5.74, 6) is -0.167. The molecule has 9 heteroatoms. The van der Waals surface area contributed by atoms with Gasteiger partial charge in [0.05, 0.1) is 23.6 Å². The number of rotatable bonds is 7. The van der Waals surface area contributed by atoms with Gasteiger partial charge in [-0.1, -0.05) is 0 Å². The van der Waals surface area contributed by atoms with Crippen molar-refractivity contribution in [1.29, 1.82) is 0 Å².